The van der Waals surface area contributed by atoms with Gasteiger partial charge in [0.25, 0.3) is 0 Å². The molecule has 6 heteroatoms. The normalized spacial score (nSPS) is 31.8. The number of rotatable bonds is 5. The van der Waals surface area contributed by atoms with E-state index >= 15 is 0 Å². The Hall–Kier alpha value is -1.66. The number of benzene rings is 1. The second-order valence-electron chi connectivity index (χ2n) is 9.16. The van der Waals surface area contributed by atoms with E-state index in [2.05, 4.69) is 44.0 Å². The molecule has 1 aliphatic heterocycles. The zero-order valence-electron chi connectivity index (χ0n) is 16.5. The van der Waals surface area contributed by atoms with Gasteiger partial charge in [0.15, 0.2) is 0 Å². The number of hydrogen-bond acceptors (Lipinski definition) is 3. The Labute approximate surface area is 180 Å². The van der Waals surface area contributed by atoms with Crippen LogP contribution < -0.4 is 16.0 Å². The van der Waals surface area contributed by atoms with Gasteiger partial charge in [0, 0.05) is 16.7 Å². The summed E-state index contributed by atoms with van der Waals surface area (Å²) in [6.07, 6.45) is 8.91. The maximum absolute atomic E-state index is 13.3. The molecule has 0 aromatic heterocycles. The summed E-state index contributed by atoms with van der Waals surface area (Å²) in [5.74, 6) is 0.479. The third kappa shape index (κ3) is 3.44. The minimum absolute atomic E-state index is 0.0162. The largest absolute Gasteiger partial charge is 0.356 e. The van der Waals surface area contributed by atoms with Crippen molar-refractivity contribution in [2.45, 2.75) is 25.7 Å². The van der Waals surface area contributed by atoms with Crippen molar-refractivity contribution in [3.05, 3.63) is 40.9 Å². The lowest BCUT2D eigenvalue weighted by atomic mass is 9.81. The molecule has 4 aliphatic rings. The van der Waals surface area contributed by atoms with Crippen LogP contribution in [0.2, 0.25) is 0 Å². The van der Waals surface area contributed by atoms with Crippen LogP contribution >= 0.6 is 15.9 Å². The van der Waals surface area contributed by atoms with Crippen LogP contribution in [-0.4, -0.2) is 31.4 Å². The standard InChI is InChI=1S/C23H28BrN3O2/c24-15-1-3-16(4-2-15)27-22(29)20-18-6-5-17(23(18)9-10-23)19(20)21(28)26-13-14-7-11-25-12-8-14/h1-6,14,17-20,25H,7-13H2,(H,26,28)(H,27,29)/t17-,18+,19-,20-/m1/s1. The number of hydrogen-bond donors (Lipinski definition) is 3. The Morgan fingerprint density at radius 1 is 1.00 bits per heavy atom. The molecule has 0 radical (unpaired) electrons. The van der Waals surface area contributed by atoms with E-state index in [0.717, 1.165) is 55.5 Å². The average molecular weight is 458 g/mol. The molecular formula is C23H28BrN3O2. The SMILES string of the molecule is O=C(NCC1CCNCC1)[C@H]1[C@H](C(=O)Nc2ccc(Br)cc2)[C@@H]2C=C[C@H]1C21CC1. The maximum atomic E-state index is 13.3. The van der Waals surface area contributed by atoms with E-state index in [9.17, 15) is 9.59 Å². The molecule has 1 saturated heterocycles. The third-order valence-corrected chi connectivity index (χ3v) is 8.11. The molecule has 29 heavy (non-hydrogen) atoms. The average Bonchev–Trinajstić information content (AvgIpc) is 3.41. The molecule has 1 aromatic rings. The molecule has 5 rings (SSSR count). The van der Waals surface area contributed by atoms with E-state index in [4.69, 9.17) is 0 Å². The smallest absolute Gasteiger partial charge is 0.228 e. The Bertz CT molecular complexity index is 827. The van der Waals surface area contributed by atoms with E-state index in [-0.39, 0.29) is 40.9 Å². The van der Waals surface area contributed by atoms with Crippen LogP contribution in [0.25, 0.3) is 0 Å². The van der Waals surface area contributed by atoms with Crippen LogP contribution in [-0.2, 0) is 9.59 Å². The summed E-state index contributed by atoms with van der Waals surface area (Å²) in [6.45, 7) is 2.78. The minimum atomic E-state index is -0.274. The Morgan fingerprint density at radius 3 is 2.24 bits per heavy atom. The molecule has 5 nitrogen and oxygen atoms in total. The van der Waals surface area contributed by atoms with Gasteiger partial charge in [-0.25, -0.2) is 0 Å². The summed E-state index contributed by atoms with van der Waals surface area (Å²) in [6, 6.07) is 7.62. The Morgan fingerprint density at radius 2 is 1.62 bits per heavy atom. The van der Waals surface area contributed by atoms with Crippen molar-refractivity contribution >= 4 is 33.4 Å². The van der Waals surface area contributed by atoms with Crippen LogP contribution in [0.15, 0.2) is 40.9 Å². The zero-order chi connectivity index (χ0) is 20.0. The highest BCUT2D eigenvalue weighted by Gasteiger charge is 2.69. The topological polar surface area (TPSA) is 70.2 Å². The van der Waals surface area contributed by atoms with Crippen LogP contribution in [0.4, 0.5) is 5.69 Å². The van der Waals surface area contributed by atoms with Gasteiger partial charge in [-0.15, -0.1) is 0 Å². The van der Waals surface area contributed by atoms with Gasteiger partial charge < -0.3 is 16.0 Å². The molecule has 3 N–H and O–H groups in total. The first-order chi connectivity index (χ1) is 14.1. The van der Waals surface area contributed by atoms with Gasteiger partial charge >= 0.3 is 0 Å². The van der Waals surface area contributed by atoms with Crippen LogP contribution in [0, 0.1) is 35.0 Å². The highest BCUT2D eigenvalue weighted by molar-refractivity contribution is 9.10. The maximum Gasteiger partial charge on any atom is 0.228 e. The van der Waals surface area contributed by atoms with Crippen molar-refractivity contribution in [1.82, 2.24) is 10.6 Å². The third-order valence-electron chi connectivity index (χ3n) is 7.58. The molecule has 0 unspecified atom stereocenters. The van der Waals surface area contributed by atoms with Crippen molar-refractivity contribution in [2.24, 2.45) is 35.0 Å². The lowest BCUT2D eigenvalue weighted by molar-refractivity contribution is -0.133. The van der Waals surface area contributed by atoms with E-state index in [0.29, 0.717) is 5.92 Å². The highest BCUT2D eigenvalue weighted by atomic mass is 79.9. The Kier molecular flexibility index (Phi) is 5.03. The number of anilines is 1. The number of carbonyl (C=O) groups is 2. The number of allylic oxidation sites excluding steroid dienone is 2. The predicted molar refractivity (Wildman–Crippen MR) is 116 cm³/mol. The first kappa shape index (κ1) is 19.3. The Balaban J connectivity index is 1.31. The molecule has 4 atom stereocenters. The van der Waals surface area contributed by atoms with E-state index in [1.165, 1.54) is 0 Å². The predicted octanol–water partition coefficient (Wildman–Crippen LogP) is 3.33. The summed E-state index contributed by atoms with van der Waals surface area (Å²) in [5.41, 5.74) is 0.946. The number of nitrogens with one attached hydrogen (secondary N) is 3. The van der Waals surface area contributed by atoms with E-state index in [1.807, 2.05) is 24.3 Å². The van der Waals surface area contributed by atoms with Crippen LogP contribution in [0.3, 0.4) is 0 Å². The second kappa shape index (κ2) is 7.55. The molecule has 3 fully saturated rings. The summed E-state index contributed by atoms with van der Waals surface area (Å²) < 4.78 is 0.977. The van der Waals surface area contributed by atoms with Crippen molar-refractivity contribution in [1.29, 1.82) is 0 Å². The van der Waals surface area contributed by atoms with Crippen molar-refractivity contribution < 1.29 is 9.59 Å². The van der Waals surface area contributed by atoms with Crippen molar-refractivity contribution in [2.75, 3.05) is 25.0 Å². The van der Waals surface area contributed by atoms with Crippen molar-refractivity contribution in [3.63, 3.8) is 0 Å². The molecule has 154 valence electrons. The minimum Gasteiger partial charge on any atom is -0.356 e. The van der Waals surface area contributed by atoms with Gasteiger partial charge in [-0.3, -0.25) is 9.59 Å². The van der Waals surface area contributed by atoms with Crippen LogP contribution in [0.5, 0.6) is 0 Å². The number of piperidine rings is 1. The fourth-order valence-corrected chi connectivity index (χ4v) is 6.18. The molecular weight excluding hydrogens is 430 g/mol. The number of carbonyl (C=O) groups excluding carboxylic acids is 2. The first-order valence-corrected chi connectivity index (χ1v) is 11.6. The summed E-state index contributed by atoms with van der Waals surface area (Å²) >= 11 is 3.43. The first-order valence-electron chi connectivity index (χ1n) is 10.8. The fourth-order valence-electron chi connectivity index (χ4n) is 5.92. The lowest BCUT2D eigenvalue weighted by Gasteiger charge is -2.28. The lowest BCUT2D eigenvalue weighted by Crippen LogP contribution is -2.44. The molecule has 1 spiro atoms. The molecule has 2 bridgehead atoms. The fraction of sp³-hybridized carbons (Fsp3) is 0.565. The summed E-state index contributed by atoms with van der Waals surface area (Å²) in [7, 11) is 0. The van der Waals surface area contributed by atoms with Crippen molar-refractivity contribution in [3.8, 4) is 0 Å². The second-order valence-corrected chi connectivity index (χ2v) is 10.1. The molecule has 1 heterocycles. The van der Waals surface area contributed by atoms with Gasteiger partial charge in [0.05, 0.1) is 11.8 Å². The summed E-state index contributed by atoms with van der Waals surface area (Å²) in [5, 5.41) is 9.65. The highest BCUT2D eigenvalue weighted by Crippen LogP contribution is 2.72. The number of halogens is 1. The van der Waals surface area contributed by atoms with Gasteiger partial charge in [-0.05, 0) is 86.2 Å². The van der Waals surface area contributed by atoms with Crippen LogP contribution in [0.1, 0.15) is 25.7 Å². The quantitative estimate of drug-likeness (QED) is 0.593. The van der Waals surface area contributed by atoms with Gasteiger partial charge in [0.2, 0.25) is 11.8 Å². The molecule has 2 amide bonds. The van der Waals surface area contributed by atoms with Gasteiger partial charge in [-0.2, -0.15) is 0 Å². The zero-order valence-corrected chi connectivity index (χ0v) is 18.1. The van der Waals surface area contributed by atoms with Gasteiger partial charge in [0.1, 0.15) is 0 Å². The number of amides is 2. The molecule has 1 aromatic carbocycles. The summed E-state index contributed by atoms with van der Waals surface area (Å²) in [4.78, 5) is 26.5. The molecule has 2 saturated carbocycles. The van der Waals surface area contributed by atoms with Gasteiger partial charge in [-0.1, -0.05) is 28.1 Å². The molecule has 3 aliphatic carbocycles. The van der Waals surface area contributed by atoms with E-state index in [1.54, 1.807) is 0 Å². The van der Waals surface area contributed by atoms with E-state index < -0.39 is 0 Å². The monoisotopic (exact) mass is 457 g/mol.